The summed E-state index contributed by atoms with van der Waals surface area (Å²) in [7, 11) is 0. The number of nitrogens with zero attached hydrogens (tertiary/aromatic N) is 1. The van der Waals surface area contributed by atoms with Crippen LogP contribution in [0.4, 0.5) is 0 Å². The number of hydrogen-bond acceptors (Lipinski definition) is 3. The Balaban J connectivity index is 1.93. The predicted molar refractivity (Wildman–Crippen MR) is 91.1 cm³/mol. The van der Waals surface area contributed by atoms with E-state index < -0.39 is 5.91 Å². The lowest BCUT2D eigenvalue weighted by Crippen LogP contribution is -2.13. The predicted octanol–water partition coefficient (Wildman–Crippen LogP) is 4.22. The molecule has 4 nitrogen and oxygen atoms in total. The number of carbonyl (C=O) groups is 1. The fourth-order valence-corrected chi connectivity index (χ4v) is 2.68. The van der Waals surface area contributed by atoms with E-state index in [4.69, 9.17) is 33.7 Å². The molecule has 0 aliphatic heterocycles. The third kappa shape index (κ3) is 3.23. The van der Waals surface area contributed by atoms with Crippen LogP contribution in [0, 0.1) is 0 Å². The summed E-state index contributed by atoms with van der Waals surface area (Å²) in [6.07, 6.45) is 1.69. The molecule has 2 N–H and O–H groups in total. The van der Waals surface area contributed by atoms with Gasteiger partial charge in [-0.3, -0.25) is 9.78 Å². The van der Waals surface area contributed by atoms with Gasteiger partial charge in [0.1, 0.15) is 12.4 Å². The van der Waals surface area contributed by atoms with Gasteiger partial charge in [0.25, 0.3) is 5.91 Å². The summed E-state index contributed by atoms with van der Waals surface area (Å²) in [5.41, 5.74) is 7.21. The number of nitrogens with two attached hydrogens (primary N) is 1. The first-order chi connectivity index (χ1) is 11.1. The van der Waals surface area contributed by atoms with E-state index in [1.165, 1.54) is 6.07 Å². The van der Waals surface area contributed by atoms with E-state index in [0.717, 1.165) is 16.5 Å². The molecule has 0 bridgehead atoms. The number of ether oxygens (including phenoxy) is 1. The van der Waals surface area contributed by atoms with Crippen molar-refractivity contribution in [3.05, 3.63) is 69.8 Å². The lowest BCUT2D eigenvalue weighted by Gasteiger charge is -2.12. The molecule has 1 heterocycles. The topological polar surface area (TPSA) is 65.2 Å². The molecule has 6 heteroatoms. The summed E-state index contributed by atoms with van der Waals surface area (Å²) in [5, 5.41) is 1.90. The molecule has 0 atom stereocenters. The van der Waals surface area contributed by atoms with Crippen LogP contribution in [-0.4, -0.2) is 10.9 Å². The molecule has 0 fully saturated rings. The van der Waals surface area contributed by atoms with Crippen molar-refractivity contribution in [3.8, 4) is 5.75 Å². The molecule has 0 spiro atoms. The Bertz CT molecular complexity index is 897. The van der Waals surface area contributed by atoms with Gasteiger partial charge in [-0.15, -0.1) is 0 Å². The highest BCUT2D eigenvalue weighted by atomic mass is 35.5. The number of fused-ring (bicyclic) bond motifs is 1. The number of rotatable bonds is 4. The molecule has 116 valence electrons. The minimum absolute atomic E-state index is 0.229. The molecule has 3 rings (SSSR count). The van der Waals surface area contributed by atoms with Crippen LogP contribution in [0.3, 0.4) is 0 Å². The summed E-state index contributed by atoms with van der Waals surface area (Å²) in [6.45, 7) is 0.229. The van der Waals surface area contributed by atoms with Crippen molar-refractivity contribution >= 4 is 40.0 Å². The maximum atomic E-state index is 11.5. The molecular weight excluding hydrogens is 335 g/mol. The van der Waals surface area contributed by atoms with Crippen molar-refractivity contribution in [2.75, 3.05) is 0 Å². The van der Waals surface area contributed by atoms with Gasteiger partial charge in [-0.2, -0.15) is 0 Å². The zero-order chi connectivity index (χ0) is 16.4. The van der Waals surface area contributed by atoms with Crippen LogP contribution in [0.15, 0.2) is 48.7 Å². The van der Waals surface area contributed by atoms with Crippen LogP contribution in [0.5, 0.6) is 5.75 Å². The highest BCUT2D eigenvalue weighted by molar-refractivity contribution is 6.35. The standard InChI is InChI=1S/C17H12Cl2N2O2/c18-11-4-6-15(13(8-11)17(20)22)23-9-10-3-5-14(19)12-2-1-7-21-16(10)12/h1-8H,9H2,(H2,20,22). The average molecular weight is 347 g/mol. The van der Waals surface area contributed by atoms with Crippen molar-refractivity contribution in [3.63, 3.8) is 0 Å². The van der Waals surface area contributed by atoms with Gasteiger partial charge in [-0.1, -0.05) is 29.3 Å². The minimum atomic E-state index is -0.596. The Labute approximate surface area is 142 Å². The van der Waals surface area contributed by atoms with E-state index in [1.54, 1.807) is 24.4 Å². The van der Waals surface area contributed by atoms with Gasteiger partial charge in [-0.25, -0.2) is 0 Å². The van der Waals surface area contributed by atoms with Gasteiger partial charge in [0.2, 0.25) is 0 Å². The van der Waals surface area contributed by atoms with Crippen LogP contribution < -0.4 is 10.5 Å². The zero-order valence-corrected chi connectivity index (χ0v) is 13.4. The van der Waals surface area contributed by atoms with Crippen LogP contribution in [0.2, 0.25) is 10.0 Å². The maximum absolute atomic E-state index is 11.5. The highest BCUT2D eigenvalue weighted by Crippen LogP contribution is 2.27. The molecule has 0 saturated carbocycles. The first-order valence-corrected chi connectivity index (χ1v) is 7.56. The van der Waals surface area contributed by atoms with Crippen molar-refractivity contribution in [2.45, 2.75) is 6.61 Å². The number of pyridine rings is 1. The van der Waals surface area contributed by atoms with E-state index in [-0.39, 0.29) is 12.2 Å². The fourth-order valence-electron chi connectivity index (χ4n) is 2.29. The Morgan fingerprint density at radius 3 is 2.78 bits per heavy atom. The summed E-state index contributed by atoms with van der Waals surface area (Å²) in [6, 6.07) is 12.1. The van der Waals surface area contributed by atoms with Crippen molar-refractivity contribution in [1.82, 2.24) is 4.98 Å². The molecule has 0 saturated heterocycles. The zero-order valence-electron chi connectivity index (χ0n) is 11.9. The van der Waals surface area contributed by atoms with Crippen LogP contribution in [0.25, 0.3) is 10.9 Å². The van der Waals surface area contributed by atoms with Gasteiger partial charge in [0.05, 0.1) is 11.1 Å². The Morgan fingerprint density at radius 2 is 2.00 bits per heavy atom. The summed E-state index contributed by atoms with van der Waals surface area (Å²) >= 11 is 12.1. The summed E-state index contributed by atoms with van der Waals surface area (Å²) in [4.78, 5) is 15.8. The first-order valence-electron chi connectivity index (χ1n) is 6.80. The van der Waals surface area contributed by atoms with Crippen LogP contribution in [0.1, 0.15) is 15.9 Å². The van der Waals surface area contributed by atoms with Gasteiger partial charge in [-0.05, 0) is 36.4 Å². The molecule has 2 aromatic carbocycles. The third-order valence-electron chi connectivity index (χ3n) is 3.39. The molecule has 0 radical (unpaired) electrons. The largest absolute Gasteiger partial charge is 0.488 e. The van der Waals surface area contributed by atoms with Crippen molar-refractivity contribution < 1.29 is 9.53 Å². The number of aromatic nitrogens is 1. The average Bonchev–Trinajstić information content (AvgIpc) is 2.55. The number of benzene rings is 2. The molecule has 3 aromatic rings. The van der Waals surface area contributed by atoms with Gasteiger partial charge in [0.15, 0.2) is 0 Å². The van der Waals surface area contributed by atoms with Crippen LogP contribution in [-0.2, 0) is 6.61 Å². The lowest BCUT2D eigenvalue weighted by molar-refractivity contribution is 0.0996. The Morgan fingerprint density at radius 1 is 1.17 bits per heavy atom. The third-order valence-corrected chi connectivity index (χ3v) is 3.95. The second kappa shape index (κ2) is 6.44. The number of hydrogen-bond donors (Lipinski definition) is 1. The number of primary amides is 1. The van der Waals surface area contributed by atoms with E-state index in [9.17, 15) is 4.79 Å². The second-order valence-electron chi connectivity index (χ2n) is 4.90. The fraction of sp³-hybridized carbons (Fsp3) is 0.0588. The van der Waals surface area contributed by atoms with Gasteiger partial charge < -0.3 is 10.5 Å². The smallest absolute Gasteiger partial charge is 0.252 e. The molecule has 1 aromatic heterocycles. The number of halogens is 2. The maximum Gasteiger partial charge on any atom is 0.252 e. The van der Waals surface area contributed by atoms with Crippen molar-refractivity contribution in [2.24, 2.45) is 5.73 Å². The quantitative estimate of drug-likeness (QED) is 0.768. The van der Waals surface area contributed by atoms with E-state index in [1.807, 2.05) is 18.2 Å². The highest BCUT2D eigenvalue weighted by Gasteiger charge is 2.12. The number of amides is 1. The van der Waals surface area contributed by atoms with E-state index in [0.29, 0.717) is 15.8 Å². The van der Waals surface area contributed by atoms with E-state index in [2.05, 4.69) is 4.98 Å². The van der Waals surface area contributed by atoms with E-state index >= 15 is 0 Å². The van der Waals surface area contributed by atoms with Gasteiger partial charge in [0, 0.05) is 27.2 Å². The number of carbonyl (C=O) groups excluding carboxylic acids is 1. The Kier molecular flexibility index (Phi) is 4.37. The molecular formula is C17H12Cl2N2O2. The molecule has 1 amide bonds. The normalized spacial score (nSPS) is 10.7. The summed E-state index contributed by atoms with van der Waals surface area (Å²) in [5.74, 6) is -0.220. The lowest BCUT2D eigenvalue weighted by atomic mass is 10.1. The first kappa shape index (κ1) is 15.6. The molecule has 0 aliphatic carbocycles. The SMILES string of the molecule is NC(=O)c1cc(Cl)ccc1OCc1ccc(Cl)c2cccnc12. The van der Waals surface area contributed by atoms with Crippen LogP contribution >= 0.6 is 23.2 Å². The molecule has 23 heavy (non-hydrogen) atoms. The summed E-state index contributed by atoms with van der Waals surface area (Å²) < 4.78 is 5.74. The minimum Gasteiger partial charge on any atom is -0.488 e. The Hall–Kier alpha value is -2.30. The second-order valence-corrected chi connectivity index (χ2v) is 5.74. The molecule has 0 aliphatic rings. The molecule has 0 unspecified atom stereocenters. The monoisotopic (exact) mass is 346 g/mol. The van der Waals surface area contributed by atoms with Crippen molar-refractivity contribution in [1.29, 1.82) is 0 Å². The van der Waals surface area contributed by atoms with Gasteiger partial charge >= 0.3 is 0 Å².